The number of amides is 1. The highest BCUT2D eigenvalue weighted by molar-refractivity contribution is 6.10. The predicted octanol–water partition coefficient (Wildman–Crippen LogP) is 5.41. The van der Waals surface area contributed by atoms with Crippen LogP contribution in [-0.4, -0.2) is 19.6 Å². The largest absolute Gasteiger partial charge is 0.495 e. The Morgan fingerprint density at radius 3 is 2.61 bits per heavy atom. The molecule has 0 saturated carbocycles. The zero-order valence-electron chi connectivity index (χ0n) is 15.4. The van der Waals surface area contributed by atoms with Crippen molar-refractivity contribution in [2.24, 2.45) is 0 Å². The van der Waals surface area contributed by atoms with Crippen molar-refractivity contribution in [3.63, 3.8) is 0 Å². The Labute approximate surface area is 162 Å². The number of para-hydroxylation sites is 1. The van der Waals surface area contributed by atoms with Crippen LogP contribution in [-0.2, 0) is 0 Å². The normalized spacial score (nSPS) is 10.8. The van der Waals surface area contributed by atoms with Crippen molar-refractivity contribution in [1.82, 2.24) is 0 Å². The first-order valence-corrected chi connectivity index (χ1v) is 8.84. The van der Waals surface area contributed by atoms with Gasteiger partial charge < -0.3 is 19.2 Å². The summed E-state index contributed by atoms with van der Waals surface area (Å²) in [5, 5.41) is 4.84. The molecule has 0 fully saturated rings. The van der Waals surface area contributed by atoms with Gasteiger partial charge in [-0.15, -0.1) is 0 Å². The van der Waals surface area contributed by atoms with Gasteiger partial charge in [0.25, 0.3) is 5.91 Å². The van der Waals surface area contributed by atoms with Gasteiger partial charge in [-0.25, -0.2) is 0 Å². The number of furan rings is 1. The summed E-state index contributed by atoms with van der Waals surface area (Å²) in [5.41, 5.74) is 2.53. The van der Waals surface area contributed by atoms with Crippen LogP contribution in [0.5, 0.6) is 11.5 Å². The third-order valence-corrected chi connectivity index (χ3v) is 4.43. The molecule has 28 heavy (non-hydrogen) atoms. The number of nitrogens with one attached hydrogen (secondary N) is 1. The van der Waals surface area contributed by atoms with Crippen LogP contribution in [0.2, 0.25) is 0 Å². The van der Waals surface area contributed by atoms with Crippen LogP contribution in [0.4, 0.5) is 5.69 Å². The number of fused-ring (bicyclic) bond motifs is 3. The molecule has 0 atom stereocenters. The maximum Gasteiger partial charge on any atom is 0.255 e. The van der Waals surface area contributed by atoms with E-state index in [1.54, 1.807) is 43.5 Å². The van der Waals surface area contributed by atoms with E-state index in [1.807, 2.05) is 30.3 Å². The number of carbonyl (C=O) groups is 1. The minimum Gasteiger partial charge on any atom is -0.495 e. The van der Waals surface area contributed by atoms with Gasteiger partial charge in [0.1, 0.15) is 29.3 Å². The van der Waals surface area contributed by atoms with E-state index in [2.05, 4.69) is 11.9 Å². The van der Waals surface area contributed by atoms with Crippen molar-refractivity contribution in [1.29, 1.82) is 0 Å². The number of benzene rings is 3. The topological polar surface area (TPSA) is 60.7 Å². The summed E-state index contributed by atoms with van der Waals surface area (Å²) in [6, 6.07) is 18.4. The zero-order chi connectivity index (χ0) is 19.5. The van der Waals surface area contributed by atoms with Gasteiger partial charge in [-0.3, -0.25) is 4.79 Å². The van der Waals surface area contributed by atoms with Crippen LogP contribution in [0.1, 0.15) is 10.4 Å². The molecule has 1 N–H and O–H groups in total. The van der Waals surface area contributed by atoms with Crippen LogP contribution in [0.25, 0.3) is 21.9 Å². The Hall–Kier alpha value is -3.73. The predicted molar refractivity (Wildman–Crippen MR) is 110 cm³/mol. The minimum absolute atomic E-state index is 0.246. The molecule has 0 aliphatic rings. The first-order valence-electron chi connectivity index (χ1n) is 8.84. The molecule has 0 radical (unpaired) electrons. The van der Waals surface area contributed by atoms with E-state index in [9.17, 15) is 4.79 Å². The van der Waals surface area contributed by atoms with Crippen molar-refractivity contribution in [2.75, 3.05) is 19.0 Å². The Morgan fingerprint density at radius 1 is 1.07 bits per heavy atom. The van der Waals surface area contributed by atoms with Crippen molar-refractivity contribution in [2.45, 2.75) is 0 Å². The van der Waals surface area contributed by atoms with Crippen LogP contribution in [0.15, 0.2) is 77.7 Å². The lowest BCUT2D eigenvalue weighted by Crippen LogP contribution is -2.12. The Bertz CT molecular complexity index is 1160. The van der Waals surface area contributed by atoms with Gasteiger partial charge >= 0.3 is 0 Å². The first-order chi connectivity index (χ1) is 13.7. The van der Waals surface area contributed by atoms with Crippen LogP contribution in [0, 0.1) is 0 Å². The smallest absolute Gasteiger partial charge is 0.255 e. The third kappa shape index (κ3) is 3.30. The molecular formula is C23H19NO4. The fraction of sp³-hybridized carbons (Fsp3) is 0.0870. The molecule has 0 aliphatic carbocycles. The lowest BCUT2D eigenvalue weighted by atomic mass is 10.1. The molecule has 4 aromatic rings. The molecule has 1 amide bonds. The fourth-order valence-corrected chi connectivity index (χ4v) is 3.07. The highest BCUT2D eigenvalue weighted by Gasteiger charge is 2.15. The summed E-state index contributed by atoms with van der Waals surface area (Å²) < 4.78 is 16.8. The van der Waals surface area contributed by atoms with Crippen LogP contribution in [0.3, 0.4) is 0 Å². The summed E-state index contributed by atoms with van der Waals surface area (Å²) >= 11 is 0. The van der Waals surface area contributed by atoms with Crippen molar-refractivity contribution < 1.29 is 18.7 Å². The highest BCUT2D eigenvalue weighted by Crippen LogP contribution is 2.36. The molecule has 5 heteroatoms. The molecule has 1 aromatic heterocycles. The van der Waals surface area contributed by atoms with E-state index in [1.165, 1.54) is 0 Å². The van der Waals surface area contributed by atoms with Crippen molar-refractivity contribution >= 4 is 33.5 Å². The second-order valence-corrected chi connectivity index (χ2v) is 6.23. The summed E-state index contributed by atoms with van der Waals surface area (Å²) in [6.07, 6.45) is 1.67. The van der Waals surface area contributed by atoms with Crippen LogP contribution < -0.4 is 14.8 Å². The SMILES string of the molecule is C=CCOc1ccc(C(=O)Nc2cc3oc4ccccc4c3cc2OC)cc1. The van der Waals surface area contributed by atoms with Gasteiger partial charge in [-0.05, 0) is 36.4 Å². The summed E-state index contributed by atoms with van der Waals surface area (Å²) in [7, 11) is 1.57. The summed E-state index contributed by atoms with van der Waals surface area (Å²) in [6.45, 7) is 4.03. The minimum atomic E-state index is -0.246. The number of anilines is 1. The Morgan fingerprint density at radius 2 is 1.86 bits per heavy atom. The number of ether oxygens (including phenoxy) is 2. The Kier molecular flexibility index (Phi) is 4.72. The zero-order valence-corrected chi connectivity index (χ0v) is 15.4. The maximum absolute atomic E-state index is 12.7. The molecule has 3 aromatic carbocycles. The second-order valence-electron chi connectivity index (χ2n) is 6.23. The molecule has 0 aliphatic heterocycles. The molecule has 0 saturated heterocycles. The van der Waals surface area contributed by atoms with E-state index in [0.717, 1.165) is 16.4 Å². The second kappa shape index (κ2) is 7.48. The molecule has 1 heterocycles. The lowest BCUT2D eigenvalue weighted by molar-refractivity contribution is 0.102. The third-order valence-electron chi connectivity index (χ3n) is 4.43. The highest BCUT2D eigenvalue weighted by atomic mass is 16.5. The number of rotatable bonds is 6. The van der Waals surface area contributed by atoms with Gasteiger partial charge in [0.15, 0.2) is 0 Å². The fourth-order valence-electron chi connectivity index (χ4n) is 3.07. The Balaban J connectivity index is 1.63. The van der Waals surface area contributed by atoms with Crippen molar-refractivity contribution in [3.05, 3.63) is 78.9 Å². The first kappa shape index (κ1) is 17.7. The molecule has 0 unspecified atom stereocenters. The van der Waals surface area contributed by atoms with E-state index in [-0.39, 0.29) is 5.91 Å². The average Bonchev–Trinajstić information content (AvgIpc) is 3.09. The van der Waals surface area contributed by atoms with E-state index >= 15 is 0 Å². The van der Waals surface area contributed by atoms with Gasteiger partial charge in [-0.2, -0.15) is 0 Å². The number of hydrogen-bond acceptors (Lipinski definition) is 4. The number of methoxy groups -OCH3 is 1. The molecular weight excluding hydrogens is 354 g/mol. The van der Waals surface area contributed by atoms with Gasteiger partial charge in [0, 0.05) is 22.4 Å². The van der Waals surface area contributed by atoms with Gasteiger partial charge in [-0.1, -0.05) is 30.9 Å². The van der Waals surface area contributed by atoms with Crippen molar-refractivity contribution in [3.8, 4) is 11.5 Å². The summed E-state index contributed by atoms with van der Waals surface area (Å²) in [4.78, 5) is 12.7. The molecule has 5 nitrogen and oxygen atoms in total. The molecule has 140 valence electrons. The van der Waals surface area contributed by atoms with E-state index in [4.69, 9.17) is 13.9 Å². The van der Waals surface area contributed by atoms with Gasteiger partial charge in [0.05, 0.1) is 12.8 Å². The molecule has 0 spiro atoms. The lowest BCUT2D eigenvalue weighted by Gasteiger charge is -2.11. The molecule has 4 rings (SSSR count). The summed E-state index contributed by atoms with van der Waals surface area (Å²) in [5.74, 6) is 1.00. The quantitative estimate of drug-likeness (QED) is 0.459. The maximum atomic E-state index is 12.7. The van der Waals surface area contributed by atoms with Gasteiger partial charge in [0.2, 0.25) is 0 Å². The monoisotopic (exact) mass is 373 g/mol. The standard InChI is InChI=1S/C23H19NO4/c1-3-12-27-16-10-8-15(9-11-16)23(25)24-19-14-21-18(13-22(19)26-2)17-6-4-5-7-20(17)28-21/h3-11,13-14H,1,12H2,2H3,(H,24,25). The molecule has 0 bridgehead atoms. The van der Waals surface area contributed by atoms with Crippen LogP contribution >= 0.6 is 0 Å². The number of hydrogen-bond donors (Lipinski definition) is 1. The van der Waals surface area contributed by atoms with E-state index in [0.29, 0.717) is 34.9 Å². The average molecular weight is 373 g/mol. The number of carbonyl (C=O) groups excluding carboxylic acids is 1. The van der Waals surface area contributed by atoms with E-state index < -0.39 is 0 Å².